The van der Waals surface area contributed by atoms with Gasteiger partial charge in [0.15, 0.2) is 0 Å². The van der Waals surface area contributed by atoms with Gasteiger partial charge in [0, 0.05) is 38.3 Å². The lowest BCUT2D eigenvalue weighted by atomic mass is 10.1. The van der Waals surface area contributed by atoms with Crippen LogP contribution >= 0.6 is 0 Å². The van der Waals surface area contributed by atoms with E-state index in [1.807, 2.05) is 18.2 Å². The van der Waals surface area contributed by atoms with Crippen molar-refractivity contribution in [2.45, 2.75) is 13.5 Å². The van der Waals surface area contributed by atoms with E-state index in [1.54, 1.807) is 0 Å². The van der Waals surface area contributed by atoms with E-state index in [1.165, 1.54) is 11.1 Å². The maximum Gasteiger partial charge on any atom is 0.241 e. The average molecular weight is 374 g/mol. The van der Waals surface area contributed by atoms with Crippen LogP contribution in [0, 0.1) is 6.92 Å². The Balaban J connectivity index is 1.24. The van der Waals surface area contributed by atoms with Crippen LogP contribution in [0.3, 0.4) is 0 Å². The molecule has 1 aliphatic rings. The lowest BCUT2D eigenvalue weighted by molar-refractivity contribution is 0.125. The Morgan fingerprint density at radius 1 is 0.929 bits per heavy atom. The first kappa shape index (κ1) is 18.6. The predicted octanol–water partition coefficient (Wildman–Crippen LogP) is 3.88. The lowest BCUT2D eigenvalue weighted by Gasteiger charge is -2.33. The molecule has 0 amide bonds. The number of benzene rings is 2. The fourth-order valence-electron chi connectivity index (χ4n) is 3.36. The van der Waals surface area contributed by atoms with Crippen molar-refractivity contribution in [2.24, 2.45) is 0 Å². The summed E-state index contributed by atoms with van der Waals surface area (Å²) in [4.78, 5) is 9.41. The predicted molar refractivity (Wildman–Crippen MR) is 112 cm³/mol. The molecule has 0 N–H and O–H groups in total. The molecule has 0 radical (unpaired) electrons. The van der Waals surface area contributed by atoms with Crippen molar-refractivity contribution in [3.63, 3.8) is 0 Å². The first-order valence-electron chi connectivity index (χ1n) is 9.82. The molecule has 1 fully saturated rings. The standard InChI is InChI=1S/C23H26N4O/c1-19-9-11-21(12-10-19)23-24-22(28-25-23)18-27-16-14-26(15-17-27)13-5-8-20-6-3-2-4-7-20/h2-12H,13-18H2,1H3/b8-5+. The van der Waals surface area contributed by atoms with Gasteiger partial charge in [0.05, 0.1) is 6.54 Å². The number of aromatic nitrogens is 2. The summed E-state index contributed by atoms with van der Waals surface area (Å²) in [5, 5.41) is 4.13. The first-order valence-corrected chi connectivity index (χ1v) is 9.82. The van der Waals surface area contributed by atoms with Crippen molar-refractivity contribution >= 4 is 6.08 Å². The smallest absolute Gasteiger partial charge is 0.241 e. The van der Waals surface area contributed by atoms with Crippen LogP contribution in [-0.4, -0.2) is 52.7 Å². The van der Waals surface area contributed by atoms with E-state index in [9.17, 15) is 0 Å². The highest BCUT2D eigenvalue weighted by molar-refractivity contribution is 5.54. The van der Waals surface area contributed by atoms with Gasteiger partial charge in [-0.25, -0.2) is 0 Å². The van der Waals surface area contributed by atoms with E-state index in [4.69, 9.17) is 4.52 Å². The second-order valence-electron chi connectivity index (χ2n) is 7.27. The molecule has 5 nitrogen and oxygen atoms in total. The molecule has 2 heterocycles. The summed E-state index contributed by atoms with van der Waals surface area (Å²) < 4.78 is 5.47. The Morgan fingerprint density at radius 3 is 2.39 bits per heavy atom. The van der Waals surface area contributed by atoms with E-state index < -0.39 is 0 Å². The molecular weight excluding hydrogens is 348 g/mol. The monoisotopic (exact) mass is 374 g/mol. The zero-order valence-corrected chi connectivity index (χ0v) is 16.3. The third kappa shape index (κ3) is 4.94. The van der Waals surface area contributed by atoms with Crippen LogP contribution in [0.25, 0.3) is 17.5 Å². The molecule has 0 atom stereocenters. The first-order chi connectivity index (χ1) is 13.8. The van der Waals surface area contributed by atoms with Crippen LogP contribution in [-0.2, 0) is 6.54 Å². The topological polar surface area (TPSA) is 45.4 Å². The van der Waals surface area contributed by atoms with Crippen LogP contribution < -0.4 is 0 Å². The van der Waals surface area contributed by atoms with Crippen molar-refractivity contribution in [3.8, 4) is 11.4 Å². The Hall–Kier alpha value is -2.76. The molecule has 4 rings (SSSR count). The molecule has 3 aromatic rings. The minimum absolute atomic E-state index is 0.666. The van der Waals surface area contributed by atoms with Gasteiger partial charge in [0.1, 0.15) is 0 Å². The molecule has 0 unspecified atom stereocenters. The Kier molecular flexibility index (Phi) is 5.95. The van der Waals surface area contributed by atoms with Gasteiger partial charge < -0.3 is 4.52 Å². The second-order valence-corrected chi connectivity index (χ2v) is 7.27. The summed E-state index contributed by atoms with van der Waals surface area (Å²) in [6, 6.07) is 18.6. The SMILES string of the molecule is Cc1ccc(-c2noc(CN3CCN(C/C=C/c4ccccc4)CC3)n2)cc1. The van der Waals surface area contributed by atoms with Gasteiger partial charge in [0.2, 0.25) is 11.7 Å². The van der Waals surface area contributed by atoms with Gasteiger partial charge in [-0.15, -0.1) is 0 Å². The summed E-state index contributed by atoms with van der Waals surface area (Å²) in [6.45, 7) is 7.91. The minimum Gasteiger partial charge on any atom is -0.338 e. The molecule has 0 bridgehead atoms. The molecule has 28 heavy (non-hydrogen) atoms. The van der Waals surface area contributed by atoms with E-state index in [0.717, 1.165) is 38.3 Å². The van der Waals surface area contributed by atoms with Crippen molar-refractivity contribution < 1.29 is 4.52 Å². The van der Waals surface area contributed by atoms with Gasteiger partial charge in [0.25, 0.3) is 0 Å². The average Bonchev–Trinajstić information content (AvgIpc) is 3.19. The highest BCUT2D eigenvalue weighted by Crippen LogP contribution is 2.17. The number of piperazine rings is 1. The lowest BCUT2D eigenvalue weighted by Crippen LogP contribution is -2.45. The number of hydrogen-bond donors (Lipinski definition) is 0. The molecule has 2 aromatic carbocycles. The van der Waals surface area contributed by atoms with Crippen LogP contribution in [0.2, 0.25) is 0 Å². The summed E-state index contributed by atoms with van der Waals surface area (Å²) in [7, 11) is 0. The molecule has 144 valence electrons. The summed E-state index contributed by atoms with van der Waals surface area (Å²) in [6.07, 6.45) is 4.44. The third-order valence-electron chi connectivity index (χ3n) is 5.08. The summed E-state index contributed by atoms with van der Waals surface area (Å²) >= 11 is 0. The van der Waals surface area contributed by atoms with Crippen LogP contribution in [0.5, 0.6) is 0 Å². The van der Waals surface area contributed by atoms with Gasteiger partial charge in [-0.2, -0.15) is 4.98 Å². The highest BCUT2D eigenvalue weighted by Gasteiger charge is 2.18. The van der Waals surface area contributed by atoms with Crippen molar-refractivity contribution in [2.75, 3.05) is 32.7 Å². The maximum atomic E-state index is 5.47. The minimum atomic E-state index is 0.666. The van der Waals surface area contributed by atoms with Crippen LogP contribution in [0.4, 0.5) is 0 Å². The molecule has 1 aliphatic heterocycles. The second kappa shape index (κ2) is 8.95. The van der Waals surface area contributed by atoms with Gasteiger partial charge in [-0.1, -0.05) is 77.5 Å². The Bertz CT molecular complexity index is 894. The number of aryl methyl sites for hydroxylation is 1. The Labute approximate surface area is 166 Å². The molecule has 0 aliphatic carbocycles. The Morgan fingerprint density at radius 2 is 1.64 bits per heavy atom. The van der Waals surface area contributed by atoms with E-state index in [-0.39, 0.29) is 0 Å². The number of rotatable bonds is 6. The van der Waals surface area contributed by atoms with Crippen molar-refractivity contribution in [1.29, 1.82) is 0 Å². The summed E-state index contributed by atoms with van der Waals surface area (Å²) in [5.74, 6) is 1.35. The van der Waals surface area contributed by atoms with E-state index in [0.29, 0.717) is 18.3 Å². The fraction of sp³-hybridized carbons (Fsp3) is 0.304. The molecule has 0 spiro atoms. The largest absolute Gasteiger partial charge is 0.338 e. The van der Waals surface area contributed by atoms with Crippen LogP contribution in [0.1, 0.15) is 17.0 Å². The molecule has 1 saturated heterocycles. The zero-order valence-electron chi connectivity index (χ0n) is 16.3. The maximum absolute atomic E-state index is 5.47. The normalized spacial score (nSPS) is 16.0. The van der Waals surface area contributed by atoms with E-state index in [2.05, 4.69) is 75.4 Å². The number of nitrogens with zero attached hydrogens (tertiary/aromatic N) is 4. The van der Waals surface area contributed by atoms with Crippen molar-refractivity contribution in [3.05, 3.63) is 77.7 Å². The van der Waals surface area contributed by atoms with Gasteiger partial charge in [-0.05, 0) is 12.5 Å². The van der Waals surface area contributed by atoms with Crippen LogP contribution in [0.15, 0.2) is 65.2 Å². The van der Waals surface area contributed by atoms with Gasteiger partial charge in [-0.3, -0.25) is 9.80 Å². The molecule has 1 aromatic heterocycles. The zero-order chi connectivity index (χ0) is 19.2. The van der Waals surface area contributed by atoms with E-state index >= 15 is 0 Å². The van der Waals surface area contributed by atoms with Gasteiger partial charge >= 0.3 is 0 Å². The third-order valence-corrected chi connectivity index (χ3v) is 5.08. The van der Waals surface area contributed by atoms with Crippen molar-refractivity contribution in [1.82, 2.24) is 19.9 Å². The number of hydrogen-bond acceptors (Lipinski definition) is 5. The molecule has 0 saturated carbocycles. The molecule has 5 heteroatoms. The fourth-order valence-corrected chi connectivity index (χ4v) is 3.36. The quantitative estimate of drug-likeness (QED) is 0.655. The molecular formula is C23H26N4O. The highest BCUT2D eigenvalue weighted by atomic mass is 16.5. The summed E-state index contributed by atoms with van der Waals surface area (Å²) in [5.41, 5.74) is 3.47.